The molecular formula is C15H11BrClNO4. The second-order valence-electron chi connectivity index (χ2n) is 4.29. The highest BCUT2D eigenvalue weighted by Crippen LogP contribution is 2.23. The molecule has 0 aliphatic carbocycles. The van der Waals surface area contributed by atoms with Crippen molar-refractivity contribution in [2.45, 2.75) is 0 Å². The van der Waals surface area contributed by atoms with Gasteiger partial charge in [0, 0.05) is 15.2 Å². The maximum atomic E-state index is 11.8. The van der Waals surface area contributed by atoms with Crippen molar-refractivity contribution < 1.29 is 19.4 Å². The predicted molar refractivity (Wildman–Crippen MR) is 86.7 cm³/mol. The van der Waals surface area contributed by atoms with Crippen LogP contribution >= 0.6 is 27.5 Å². The number of hydrogen-bond acceptors (Lipinski definition) is 3. The number of carboxylic acids is 1. The van der Waals surface area contributed by atoms with E-state index in [1.54, 1.807) is 30.3 Å². The molecule has 0 aliphatic heterocycles. The molecule has 0 heterocycles. The van der Waals surface area contributed by atoms with Gasteiger partial charge in [-0.15, -0.1) is 0 Å². The monoisotopic (exact) mass is 383 g/mol. The number of nitrogens with one attached hydrogen (secondary N) is 1. The van der Waals surface area contributed by atoms with Crippen LogP contribution in [-0.2, 0) is 4.79 Å². The molecule has 7 heteroatoms. The summed E-state index contributed by atoms with van der Waals surface area (Å²) in [6, 6.07) is 11.1. The van der Waals surface area contributed by atoms with Crippen LogP contribution in [0.3, 0.4) is 0 Å². The van der Waals surface area contributed by atoms with Gasteiger partial charge in [-0.25, -0.2) is 4.79 Å². The molecule has 22 heavy (non-hydrogen) atoms. The summed E-state index contributed by atoms with van der Waals surface area (Å²) in [4.78, 5) is 22.9. The molecule has 0 aliphatic rings. The first-order valence-corrected chi connectivity index (χ1v) is 7.34. The maximum absolute atomic E-state index is 11.8. The van der Waals surface area contributed by atoms with Crippen molar-refractivity contribution >= 4 is 45.1 Å². The summed E-state index contributed by atoms with van der Waals surface area (Å²) in [6.45, 7) is -0.301. The van der Waals surface area contributed by atoms with Gasteiger partial charge in [0.15, 0.2) is 6.61 Å². The molecule has 0 fully saturated rings. The van der Waals surface area contributed by atoms with Gasteiger partial charge in [0.25, 0.3) is 5.91 Å². The molecule has 0 saturated heterocycles. The Bertz CT molecular complexity index is 703. The predicted octanol–water partition coefficient (Wildman–Crippen LogP) is 3.82. The number of ether oxygens (including phenoxy) is 1. The van der Waals surface area contributed by atoms with Gasteiger partial charge in [-0.05, 0) is 42.5 Å². The van der Waals surface area contributed by atoms with Gasteiger partial charge in [0.1, 0.15) is 11.3 Å². The Kier molecular flexibility index (Phi) is 5.41. The Labute approximate surface area is 140 Å². The average Bonchev–Trinajstić information content (AvgIpc) is 2.48. The molecule has 0 bridgehead atoms. The molecule has 2 aromatic carbocycles. The fourth-order valence-corrected chi connectivity index (χ4v) is 2.16. The molecule has 0 aromatic heterocycles. The number of hydrogen-bond donors (Lipinski definition) is 2. The van der Waals surface area contributed by atoms with Crippen LogP contribution < -0.4 is 10.1 Å². The standard InChI is InChI=1S/C15H11BrClNO4/c16-9-1-6-13(12(7-9)15(20)21)22-8-14(19)18-11-4-2-10(17)3-5-11/h1-7H,8H2,(H,18,19)(H,20,21). The normalized spacial score (nSPS) is 10.1. The third-order valence-corrected chi connectivity index (χ3v) is 3.40. The number of anilines is 1. The topological polar surface area (TPSA) is 75.6 Å². The van der Waals surface area contributed by atoms with Gasteiger partial charge in [-0.3, -0.25) is 4.79 Å². The van der Waals surface area contributed by atoms with Crippen LogP contribution in [0.1, 0.15) is 10.4 Å². The number of aromatic carboxylic acids is 1. The van der Waals surface area contributed by atoms with E-state index in [4.69, 9.17) is 21.4 Å². The lowest BCUT2D eigenvalue weighted by Gasteiger charge is -2.10. The molecule has 114 valence electrons. The lowest BCUT2D eigenvalue weighted by Crippen LogP contribution is -2.20. The minimum atomic E-state index is -1.13. The van der Waals surface area contributed by atoms with E-state index in [-0.39, 0.29) is 17.9 Å². The van der Waals surface area contributed by atoms with Crippen LogP contribution in [-0.4, -0.2) is 23.6 Å². The molecule has 1 amide bonds. The first-order valence-electron chi connectivity index (χ1n) is 6.17. The summed E-state index contributed by atoms with van der Waals surface area (Å²) in [5.41, 5.74) is 0.556. The van der Waals surface area contributed by atoms with Crippen LogP contribution in [0, 0.1) is 0 Å². The lowest BCUT2D eigenvalue weighted by atomic mass is 10.2. The third kappa shape index (κ3) is 4.47. The summed E-state index contributed by atoms with van der Waals surface area (Å²) in [5.74, 6) is -1.40. The highest BCUT2D eigenvalue weighted by Gasteiger charge is 2.13. The number of benzene rings is 2. The first kappa shape index (κ1) is 16.3. The number of carboxylic acid groups (broad SMARTS) is 1. The lowest BCUT2D eigenvalue weighted by molar-refractivity contribution is -0.118. The summed E-state index contributed by atoms with van der Waals surface area (Å²) in [7, 11) is 0. The molecule has 0 spiro atoms. The van der Waals surface area contributed by atoms with Crippen molar-refractivity contribution in [1.29, 1.82) is 0 Å². The SMILES string of the molecule is O=C(COc1ccc(Br)cc1C(=O)O)Nc1ccc(Cl)cc1. The van der Waals surface area contributed by atoms with E-state index < -0.39 is 11.9 Å². The van der Waals surface area contributed by atoms with Crippen LogP contribution in [0.15, 0.2) is 46.9 Å². The Morgan fingerprint density at radius 1 is 1.18 bits per heavy atom. The molecule has 0 saturated carbocycles. The van der Waals surface area contributed by atoms with E-state index in [1.807, 2.05) is 0 Å². The van der Waals surface area contributed by atoms with Crippen LogP contribution in [0.5, 0.6) is 5.75 Å². The summed E-state index contributed by atoms with van der Waals surface area (Å²) in [5, 5.41) is 12.3. The smallest absolute Gasteiger partial charge is 0.339 e. The highest BCUT2D eigenvalue weighted by molar-refractivity contribution is 9.10. The highest BCUT2D eigenvalue weighted by atomic mass is 79.9. The minimum absolute atomic E-state index is 0.0198. The van der Waals surface area contributed by atoms with Crippen LogP contribution in [0.25, 0.3) is 0 Å². The van der Waals surface area contributed by atoms with Gasteiger partial charge >= 0.3 is 5.97 Å². The van der Waals surface area contributed by atoms with Crippen molar-refractivity contribution in [2.24, 2.45) is 0 Å². The van der Waals surface area contributed by atoms with E-state index in [9.17, 15) is 9.59 Å². The largest absolute Gasteiger partial charge is 0.483 e. The number of carbonyl (C=O) groups is 2. The van der Waals surface area contributed by atoms with Gasteiger partial charge in [-0.1, -0.05) is 27.5 Å². The van der Waals surface area contributed by atoms with Crippen molar-refractivity contribution in [3.63, 3.8) is 0 Å². The van der Waals surface area contributed by atoms with Crippen LogP contribution in [0.4, 0.5) is 5.69 Å². The molecule has 5 nitrogen and oxygen atoms in total. The molecule has 0 radical (unpaired) electrons. The summed E-state index contributed by atoms with van der Waals surface area (Å²) in [6.07, 6.45) is 0. The van der Waals surface area contributed by atoms with Gasteiger partial charge < -0.3 is 15.2 Å². The quantitative estimate of drug-likeness (QED) is 0.822. The minimum Gasteiger partial charge on any atom is -0.483 e. The van der Waals surface area contributed by atoms with Gasteiger partial charge in [0.2, 0.25) is 0 Å². The maximum Gasteiger partial charge on any atom is 0.339 e. The van der Waals surface area contributed by atoms with E-state index in [0.717, 1.165) is 0 Å². The van der Waals surface area contributed by atoms with Gasteiger partial charge in [-0.2, -0.15) is 0 Å². The summed E-state index contributed by atoms with van der Waals surface area (Å²) < 4.78 is 5.89. The molecule has 0 atom stereocenters. The number of rotatable bonds is 5. The Morgan fingerprint density at radius 2 is 1.86 bits per heavy atom. The second-order valence-corrected chi connectivity index (χ2v) is 5.64. The fraction of sp³-hybridized carbons (Fsp3) is 0.0667. The number of halogens is 2. The zero-order valence-electron chi connectivity index (χ0n) is 11.2. The average molecular weight is 385 g/mol. The Hall–Kier alpha value is -2.05. The first-order chi connectivity index (χ1) is 10.5. The fourth-order valence-electron chi connectivity index (χ4n) is 1.67. The second kappa shape index (κ2) is 7.29. The van der Waals surface area contributed by atoms with Crippen molar-refractivity contribution in [1.82, 2.24) is 0 Å². The Morgan fingerprint density at radius 3 is 2.50 bits per heavy atom. The zero-order chi connectivity index (χ0) is 16.1. The zero-order valence-corrected chi connectivity index (χ0v) is 13.5. The van der Waals surface area contributed by atoms with Crippen molar-refractivity contribution in [3.05, 3.63) is 57.5 Å². The van der Waals surface area contributed by atoms with Crippen LogP contribution in [0.2, 0.25) is 5.02 Å². The third-order valence-electron chi connectivity index (χ3n) is 2.66. The number of carbonyl (C=O) groups excluding carboxylic acids is 1. The van der Waals surface area contributed by atoms with Crippen molar-refractivity contribution in [2.75, 3.05) is 11.9 Å². The Balaban J connectivity index is 1.99. The van der Waals surface area contributed by atoms with Gasteiger partial charge in [0.05, 0.1) is 0 Å². The molecule has 2 rings (SSSR count). The molecule has 2 N–H and O–H groups in total. The van der Waals surface area contributed by atoms with Crippen molar-refractivity contribution in [3.8, 4) is 5.75 Å². The molecular weight excluding hydrogens is 374 g/mol. The van der Waals surface area contributed by atoms with E-state index in [1.165, 1.54) is 12.1 Å². The summed E-state index contributed by atoms with van der Waals surface area (Å²) >= 11 is 8.94. The molecule has 2 aromatic rings. The molecule has 0 unspecified atom stereocenters. The van der Waals surface area contributed by atoms with E-state index in [2.05, 4.69) is 21.2 Å². The number of amides is 1. The van der Waals surface area contributed by atoms with E-state index in [0.29, 0.717) is 15.2 Å². The van der Waals surface area contributed by atoms with E-state index >= 15 is 0 Å².